The molecule has 2 aromatic rings. The molecule has 0 spiro atoms. The minimum atomic E-state index is 0.150. The van der Waals surface area contributed by atoms with Gasteiger partial charge in [-0.25, -0.2) is 4.68 Å². The zero-order valence-electron chi connectivity index (χ0n) is 14.2. The van der Waals surface area contributed by atoms with E-state index in [0.29, 0.717) is 18.1 Å². The van der Waals surface area contributed by atoms with Crippen molar-refractivity contribution in [3.05, 3.63) is 46.8 Å². The molecule has 1 aromatic heterocycles. The summed E-state index contributed by atoms with van der Waals surface area (Å²) >= 11 is 0. The highest BCUT2D eigenvalue weighted by atomic mass is 16.1. The summed E-state index contributed by atoms with van der Waals surface area (Å²) < 4.78 is 2.03. The van der Waals surface area contributed by atoms with E-state index in [1.807, 2.05) is 4.68 Å². The van der Waals surface area contributed by atoms with Gasteiger partial charge in [0.05, 0.1) is 22.6 Å². The van der Waals surface area contributed by atoms with Crippen LogP contribution in [-0.4, -0.2) is 15.6 Å². The van der Waals surface area contributed by atoms with Crippen LogP contribution in [0.15, 0.2) is 24.3 Å². The van der Waals surface area contributed by atoms with E-state index in [1.165, 1.54) is 18.4 Å². The maximum atomic E-state index is 12.4. The van der Waals surface area contributed by atoms with E-state index in [-0.39, 0.29) is 5.41 Å². The van der Waals surface area contributed by atoms with Crippen molar-refractivity contribution in [3.8, 4) is 5.69 Å². The molecule has 1 heterocycles. The lowest BCUT2D eigenvalue weighted by atomic mass is 9.87. The topological polar surface area (TPSA) is 34.9 Å². The summed E-state index contributed by atoms with van der Waals surface area (Å²) in [6.45, 7) is 6.67. The first kappa shape index (κ1) is 14.7. The van der Waals surface area contributed by atoms with Crippen LogP contribution in [0.4, 0.5) is 0 Å². The second-order valence-corrected chi connectivity index (χ2v) is 7.97. The Labute approximate surface area is 137 Å². The van der Waals surface area contributed by atoms with Crippen molar-refractivity contribution < 1.29 is 4.79 Å². The van der Waals surface area contributed by atoms with Crippen molar-refractivity contribution in [3.63, 3.8) is 0 Å². The zero-order chi connectivity index (χ0) is 16.2. The fourth-order valence-electron chi connectivity index (χ4n) is 3.51. The molecule has 0 saturated heterocycles. The number of hydrogen-bond acceptors (Lipinski definition) is 2. The van der Waals surface area contributed by atoms with Gasteiger partial charge in [0.15, 0.2) is 5.78 Å². The first-order valence-electron chi connectivity index (χ1n) is 8.71. The van der Waals surface area contributed by atoms with Crippen molar-refractivity contribution in [1.82, 2.24) is 9.78 Å². The number of carbonyl (C=O) groups is 1. The lowest BCUT2D eigenvalue weighted by Crippen LogP contribution is -2.14. The maximum Gasteiger partial charge on any atom is 0.166 e. The molecule has 1 saturated carbocycles. The van der Waals surface area contributed by atoms with Gasteiger partial charge in [-0.1, -0.05) is 32.9 Å². The van der Waals surface area contributed by atoms with Crippen LogP contribution in [0, 0.1) is 0 Å². The smallest absolute Gasteiger partial charge is 0.166 e. The number of fused-ring (bicyclic) bond motifs is 1. The minimum Gasteiger partial charge on any atom is -0.294 e. The van der Waals surface area contributed by atoms with Crippen LogP contribution in [0.3, 0.4) is 0 Å². The maximum absolute atomic E-state index is 12.4. The van der Waals surface area contributed by atoms with Gasteiger partial charge in [-0.2, -0.15) is 5.10 Å². The predicted octanol–water partition coefficient (Wildman–Crippen LogP) is 4.57. The molecule has 0 radical (unpaired) electrons. The molecule has 120 valence electrons. The summed E-state index contributed by atoms with van der Waals surface area (Å²) in [6, 6.07) is 8.66. The zero-order valence-corrected chi connectivity index (χ0v) is 14.2. The monoisotopic (exact) mass is 308 g/mol. The Balaban J connectivity index is 1.80. The number of ketones is 1. The largest absolute Gasteiger partial charge is 0.294 e. The Hall–Kier alpha value is -1.90. The highest BCUT2D eigenvalue weighted by Crippen LogP contribution is 2.43. The van der Waals surface area contributed by atoms with Crippen LogP contribution in [0.2, 0.25) is 0 Å². The Bertz CT molecular complexity index is 758. The molecule has 3 heteroatoms. The van der Waals surface area contributed by atoms with Crippen LogP contribution in [0.25, 0.3) is 5.69 Å². The Morgan fingerprint density at radius 1 is 1.09 bits per heavy atom. The van der Waals surface area contributed by atoms with Gasteiger partial charge in [-0.15, -0.1) is 0 Å². The van der Waals surface area contributed by atoms with Crippen molar-refractivity contribution in [2.75, 3.05) is 0 Å². The number of nitrogens with zero attached hydrogens (tertiary/aromatic N) is 2. The summed E-state index contributed by atoms with van der Waals surface area (Å²) in [5.41, 5.74) is 5.68. The molecule has 0 amide bonds. The van der Waals surface area contributed by atoms with E-state index in [1.54, 1.807) is 0 Å². The fourth-order valence-corrected chi connectivity index (χ4v) is 3.51. The number of carbonyl (C=O) groups excluding carboxylic acids is 1. The van der Waals surface area contributed by atoms with E-state index in [9.17, 15) is 4.79 Å². The summed E-state index contributed by atoms with van der Waals surface area (Å²) in [4.78, 5) is 12.4. The van der Waals surface area contributed by atoms with Gasteiger partial charge in [0.2, 0.25) is 0 Å². The highest BCUT2D eigenvalue weighted by Gasteiger charge is 2.35. The van der Waals surface area contributed by atoms with Gasteiger partial charge in [-0.3, -0.25) is 4.79 Å². The normalized spacial score (nSPS) is 18.1. The van der Waals surface area contributed by atoms with Gasteiger partial charge in [0, 0.05) is 12.3 Å². The summed E-state index contributed by atoms with van der Waals surface area (Å²) in [6.07, 6.45) is 4.95. The van der Waals surface area contributed by atoms with Gasteiger partial charge >= 0.3 is 0 Å². The lowest BCUT2D eigenvalue weighted by molar-refractivity contribution is 0.0971. The van der Waals surface area contributed by atoms with Crippen LogP contribution >= 0.6 is 0 Å². The van der Waals surface area contributed by atoms with Crippen LogP contribution in [0.5, 0.6) is 0 Å². The van der Waals surface area contributed by atoms with Crippen molar-refractivity contribution in [2.24, 2.45) is 0 Å². The van der Waals surface area contributed by atoms with E-state index >= 15 is 0 Å². The minimum absolute atomic E-state index is 0.150. The highest BCUT2D eigenvalue weighted by molar-refractivity contribution is 5.99. The molecule has 1 fully saturated rings. The summed E-state index contributed by atoms with van der Waals surface area (Å²) in [5, 5.41) is 4.86. The number of rotatable bonds is 2. The average molecular weight is 308 g/mol. The molecule has 23 heavy (non-hydrogen) atoms. The van der Waals surface area contributed by atoms with Gasteiger partial charge in [0.25, 0.3) is 0 Å². The molecule has 0 unspecified atom stereocenters. The first-order chi connectivity index (χ1) is 10.9. The van der Waals surface area contributed by atoms with Crippen LogP contribution < -0.4 is 0 Å². The molecular formula is C20H24N2O. The van der Waals surface area contributed by atoms with Crippen molar-refractivity contribution >= 4 is 5.78 Å². The first-order valence-corrected chi connectivity index (χ1v) is 8.71. The molecule has 4 rings (SSSR count). The molecular weight excluding hydrogens is 284 g/mol. The fraction of sp³-hybridized carbons (Fsp3) is 0.500. The van der Waals surface area contributed by atoms with E-state index in [0.717, 1.165) is 35.5 Å². The SMILES string of the molecule is CC(C)(C)c1ccc(-n2nc(C3CC3)c3c2CCCC3=O)cc1. The summed E-state index contributed by atoms with van der Waals surface area (Å²) in [7, 11) is 0. The number of hydrogen-bond donors (Lipinski definition) is 0. The van der Waals surface area contributed by atoms with Crippen molar-refractivity contribution in [1.29, 1.82) is 0 Å². The molecule has 2 aliphatic rings. The second-order valence-electron chi connectivity index (χ2n) is 7.97. The molecule has 2 aliphatic carbocycles. The quantitative estimate of drug-likeness (QED) is 0.814. The number of Topliss-reactive ketones (excluding diaryl/α,β-unsaturated/α-hetero) is 1. The van der Waals surface area contributed by atoms with Crippen molar-refractivity contribution in [2.45, 2.75) is 64.2 Å². The van der Waals surface area contributed by atoms with E-state index in [2.05, 4.69) is 45.0 Å². The summed E-state index contributed by atoms with van der Waals surface area (Å²) in [5.74, 6) is 0.812. The standard InChI is InChI=1S/C20H24N2O/c1-20(2,3)14-9-11-15(12-10-14)22-16-5-4-6-17(23)18(16)19(21-22)13-7-8-13/h9-13H,4-8H2,1-3H3. The Kier molecular flexibility index (Phi) is 3.22. The van der Waals surface area contributed by atoms with Gasteiger partial charge in [-0.05, 0) is 48.8 Å². The average Bonchev–Trinajstić information content (AvgIpc) is 3.28. The molecule has 1 aromatic carbocycles. The predicted molar refractivity (Wildman–Crippen MR) is 91.5 cm³/mol. The Morgan fingerprint density at radius 3 is 2.39 bits per heavy atom. The molecule has 0 bridgehead atoms. The molecule has 3 nitrogen and oxygen atoms in total. The van der Waals surface area contributed by atoms with Crippen LogP contribution in [-0.2, 0) is 11.8 Å². The van der Waals surface area contributed by atoms with Crippen LogP contribution in [0.1, 0.15) is 79.7 Å². The third-order valence-electron chi connectivity index (χ3n) is 5.05. The van der Waals surface area contributed by atoms with E-state index in [4.69, 9.17) is 5.10 Å². The third kappa shape index (κ3) is 2.52. The third-order valence-corrected chi connectivity index (χ3v) is 5.05. The molecule has 0 atom stereocenters. The number of aromatic nitrogens is 2. The molecule has 0 N–H and O–H groups in total. The second kappa shape index (κ2) is 5.05. The Morgan fingerprint density at radius 2 is 1.78 bits per heavy atom. The van der Waals surface area contributed by atoms with Gasteiger partial charge in [0.1, 0.15) is 0 Å². The lowest BCUT2D eigenvalue weighted by Gasteiger charge is -2.19. The molecule has 0 aliphatic heterocycles. The van der Waals surface area contributed by atoms with E-state index < -0.39 is 0 Å². The van der Waals surface area contributed by atoms with Gasteiger partial charge < -0.3 is 0 Å². The number of benzene rings is 1.